The highest BCUT2D eigenvalue weighted by molar-refractivity contribution is 5.78. The monoisotopic (exact) mass is 292 g/mol. The summed E-state index contributed by atoms with van der Waals surface area (Å²) in [6.07, 6.45) is 0. The first-order valence-electron chi connectivity index (χ1n) is 7.38. The van der Waals surface area contributed by atoms with E-state index in [0.717, 1.165) is 12.3 Å². The van der Waals surface area contributed by atoms with Crippen molar-refractivity contribution in [2.75, 3.05) is 53.0 Å². The zero-order valence-electron chi connectivity index (χ0n) is 12.9. The van der Waals surface area contributed by atoms with Gasteiger partial charge in [0.15, 0.2) is 0 Å². The van der Waals surface area contributed by atoms with Crippen molar-refractivity contribution in [3.8, 4) is 5.75 Å². The van der Waals surface area contributed by atoms with Gasteiger partial charge in [-0.05, 0) is 26.1 Å². The predicted molar refractivity (Wildman–Crippen MR) is 81.6 cm³/mol. The fraction of sp³-hybridized carbons (Fsp3) is 0.562. The van der Waals surface area contributed by atoms with Gasteiger partial charge in [-0.2, -0.15) is 0 Å². The van der Waals surface area contributed by atoms with Crippen LogP contribution in [0.5, 0.6) is 5.75 Å². The van der Waals surface area contributed by atoms with Crippen molar-refractivity contribution in [2.45, 2.75) is 6.92 Å². The Labute approximate surface area is 126 Å². The lowest BCUT2D eigenvalue weighted by atomic mass is 10.2. The van der Waals surface area contributed by atoms with Gasteiger partial charge in [0.1, 0.15) is 12.4 Å². The minimum Gasteiger partial charge on any atom is -0.492 e. The van der Waals surface area contributed by atoms with Crippen LogP contribution in [0.3, 0.4) is 0 Å². The van der Waals surface area contributed by atoms with Crippen LogP contribution in [0.2, 0.25) is 0 Å². The van der Waals surface area contributed by atoms with Gasteiger partial charge in [-0.1, -0.05) is 17.7 Å². The number of carbonyl (C=O) groups is 1. The van der Waals surface area contributed by atoms with Crippen LogP contribution in [-0.4, -0.2) is 68.8 Å². The average molecular weight is 292 g/mol. The predicted octanol–water partition coefficient (Wildman–Crippen LogP) is 1.16. The molecule has 0 saturated carbocycles. The van der Waals surface area contributed by atoms with Gasteiger partial charge in [-0.15, -0.1) is 0 Å². The number of morpholine rings is 1. The highest BCUT2D eigenvalue weighted by atomic mass is 16.5. The Morgan fingerprint density at radius 1 is 1.29 bits per heavy atom. The Kier molecular flexibility index (Phi) is 6.02. The number of rotatable bonds is 6. The molecule has 0 unspecified atom stereocenters. The highest BCUT2D eigenvalue weighted by Gasteiger charge is 2.17. The summed E-state index contributed by atoms with van der Waals surface area (Å²) in [6.45, 7) is 6.48. The van der Waals surface area contributed by atoms with E-state index in [1.54, 1.807) is 0 Å². The van der Waals surface area contributed by atoms with E-state index in [1.807, 2.05) is 41.1 Å². The largest absolute Gasteiger partial charge is 0.492 e. The van der Waals surface area contributed by atoms with Gasteiger partial charge in [-0.3, -0.25) is 9.69 Å². The first-order chi connectivity index (χ1) is 10.1. The number of hydrogen-bond donors (Lipinski definition) is 0. The maximum Gasteiger partial charge on any atom is 0.236 e. The Balaban J connectivity index is 1.65. The third-order valence-corrected chi connectivity index (χ3v) is 3.53. The molecule has 1 heterocycles. The molecule has 1 aliphatic heterocycles. The molecular weight excluding hydrogens is 268 g/mol. The van der Waals surface area contributed by atoms with E-state index in [0.29, 0.717) is 39.5 Å². The Morgan fingerprint density at radius 3 is 2.62 bits per heavy atom. The van der Waals surface area contributed by atoms with Crippen molar-refractivity contribution in [3.05, 3.63) is 29.8 Å². The molecule has 0 aliphatic carbocycles. The zero-order valence-corrected chi connectivity index (χ0v) is 12.9. The zero-order chi connectivity index (χ0) is 15.1. The lowest BCUT2D eigenvalue weighted by molar-refractivity contribution is -0.136. The lowest BCUT2D eigenvalue weighted by Gasteiger charge is -2.28. The molecule has 0 radical (unpaired) electrons. The van der Waals surface area contributed by atoms with Crippen molar-refractivity contribution in [3.63, 3.8) is 0 Å². The fourth-order valence-corrected chi connectivity index (χ4v) is 2.18. The Morgan fingerprint density at radius 2 is 1.95 bits per heavy atom. The lowest BCUT2D eigenvalue weighted by Crippen LogP contribution is -2.45. The van der Waals surface area contributed by atoms with Gasteiger partial charge in [0.2, 0.25) is 5.91 Å². The normalized spacial score (nSPS) is 15.3. The molecule has 21 heavy (non-hydrogen) atoms. The first-order valence-corrected chi connectivity index (χ1v) is 7.38. The van der Waals surface area contributed by atoms with Crippen molar-refractivity contribution < 1.29 is 14.3 Å². The second kappa shape index (κ2) is 8.00. The van der Waals surface area contributed by atoms with E-state index in [4.69, 9.17) is 9.47 Å². The minimum atomic E-state index is 0.163. The fourth-order valence-electron chi connectivity index (χ4n) is 2.18. The molecule has 0 N–H and O–H groups in total. The summed E-state index contributed by atoms with van der Waals surface area (Å²) in [6, 6.07) is 7.99. The van der Waals surface area contributed by atoms with E-state index in [-0.39, 0.29) is 5.91 Å². The summed E-state index contributed by atoms with van der Waals surface area (Å²) in [5.41, 5.74) is 1.22. The van der Waals surface area contributed by atoms with Crippen LogP contribution in [0.15, 0.2) is 24.3 Å². The number of ether oxygens (including phenoxy) is 2. The first kappa shape index (κ1) is 15.8. The maximum atomic E-state index is 12.1. The standard InChI is InChI=1S/C16H24N2O3/c1-14-3-5-15(6-4-14)21-12-7-17(2)13-16(19)18-8-10-20-11-9-18/h3-6H,7-13H2,1-2H3. The van der Waals surface area contributed by atoms with Gasteiger partial charge in [0.05, 0.1) is 19.8 Å². The Hall–Kier alpha value is -1.59. The third kappa shape index (κ3) is 5.36. The minimum absolute atomic E-state index is 0.163. The number of carbonyl (C=O) groups excluding carboxylic acids is 1. The number of hydrogen-bond acceptors (Lipinski definition) is 4. The molecule has 0 aromatic heterocycles. The molecule has 1 amide bonds. The molecule has 116 valence electrons. The molecule has 0 bridgehead atoms. The molecule has 0 atom stereocenters. The summed E-state index contributed by atoms with van der Waals surface area (Å²) >= 11 is 0. The summed E-state index contributed by atoms with van der Waals surface area (Å²) in [4.78, 5) is 15.9. The van der Waals surface area contributed by atoms with E-state index in [9.17, 15) is 4.79 Å². The molecule has 2 rings (SSSR count). The van der Waals surface area contributed by atoms with Crippen LogP contribution in [0.4, 0.5) is 0 Å². The quantitative estimate of drug-likeness (QED) is 0.789. The van der Waals surface area contributed by atoms with Crippen LogP contribution in [-0.2, 0) is 9.53 Å². The molecule has 5 heteroatoms. The van der Waals surface area contributed by atoms with Crippen LogP contribution in [0, 0.1) is 6.92 Å². The Bertz CT molecular complexity index is 441. The van der Waals surface area contributed by atoms with Crippen LogP contribution < -0.4 is 4.74 Å². The van der Waals surface area contributed by atoms with Gasteiger partial charge in [0, 0.05) is 19.6 Å². The molecule has 5 nitrogen and oxygen atoms in total. The molecule has 1 aromatic carbocycles. The number of aryl methyl sites for hydroxylation is 1. The summed E-state index contributed by atoms with van der Waals surface area (Å²) in [5.74, 6) is 1.03. The van der Waals surface area contributed by atoms with Crippen LogP contribution in [0.25, 0.3) is 0 Å². The number of nitrogens with zero attached hydrogens (tertiary/aromatic N) is 2. The van der Waals surface area contributed by atoms with E-state index < -0.39 is 0 Å². The average Bonchev–Trinajstić information content (AvgIpc) is 2.50. The van der Waals surface area contributed by atoms with Crippen molar-refractivity contribution in [1.82, 2.24) is 9.80 Å². The molecule has 1 aromatic rings. The van der Waals surface area contributed by atoms with Crippen LogP contribution >= 0.6 is 0 Å². The van der Waals surface area contributed by atoms with Gasteiger partial charge in [-0.25, -0.2) is 0 Å². The van der Waals surface area contributed by atoms with Gasteiger partial charge in [0.25, 0.3) is 0 Å². The van der Waals surface area contributed by atoms with Crippen molar-refractivity contribution in [1.29, 1.82) is 0 Å². The number of likely N-dealkylation sites (N-methyl/N-ethyl adjacent to an activating group) is 1. The molecular formula is C16H24N2O3. The van der Waals surface area contributed by atoms with Crippen molar-refractivity contribution >= 4 is 5.91 Å². The second-order valence-corrected chi connectivity index (χ2v) is 5.39. The molecule has 0 spiro atoms. The summed E-state index contributed by atoms with van der Waals surface area (Å²) in [5, 5.41) is 0. The van der Waals surface area contributed by atoms with Crippen molar-refractivity contribution in [2.24, 2.45) is 0 Å². The highest BCUT2D eigenvalue weighted by Crippen LogP contribution is 2.11. The van der Waals surface area contributed by atoms with Gasteiger partial charge < -0.3 is 14.4 Å². The topological polar surface area (TPSA) is 42.0 Å². The van der Waals surface area contributed by atoms with Gasteiger partial charge >= 0.3 is 0 Å². The molecule has 1 aliphatic rings. The van der Waals surface area contributed by atoms with Crippen LogP contribution in [0.1, 0.15) is 5.56 Å². The second-order valence-electron chi connectivity index (χ2n) is 5.39. The number of amides is 1. The van der Waals surface area contributed by atoms with E-state index in [1.165, 1.54) is 5.56 Å². The molecule has 1 saturated heterocycles. The number of benzene rings is 1. The summed E-state index contributed by atoms with van der Waals surface area (Å²) < 4.78 is 10.9. The smallest absolute Gasteiger partial charge is 0.236 e. The van der Waals surface area contributed by atoms with E-state index >= 15 is 0 Å². The van der Waals surface area contributed by atoms with E-state index in [2.05, 4.69) is 6.92 Å². The third-order valence-electron chi connectivity index (χ3n) is 3.53. The summed E-state index contributed by atoms with van der Waals surface area (Å²) in [7, 11) is 1.94. The molecule has 1 fully saturated rings. The maximum absolute atomic E-state index is 12.1. The SMILES string of the molecule is Cc1ccc(OCCN(C)CC(=O)N2CCOCC2)cc1.